The summed E-state index contributed by atoms with van der Waals surface area (Å²) < 4.78 is 26.2. The van der Waals surface area contributed by atoms with Crippen molar-refractivity contribution < 1.29 is 13.2 Å². The minimum Gasteiger partial charge on any atom is -0.353 e. The summed E-state index contributed by atoms with van der Waals surface area (Å²) in [6.07, 6.45) is 0. The van der Waals surface area contributed by atoms with Gasteiger partial charge in [0.1, 0.15) is 15.2 Å². The van der Waals surface area contributed by atoms with E-state index in [9.17, 15) is 13.2 Å². The summed E-state index contributed by atoms with van der Waals surface area (Å²) in [5.41, 5.74) is 0. The molecule has 1 aromatic rings. The number of nitrogens with one attached hydrogen (secondary N) is 2. The highest BCUT2D eigenvalue weighted by atomic mass is 32.2. The number of carbonyl (C=O) groups excluding carboxylic acids is 1. The van der Waals surface area contributed by atoms with Gasteiger partial charge in [-0.1, -0.05) is 0 Å². The van der Waals surface area contributed by atoms with Crippen molar-refractivity contribution in [1.29, 1.82) is 5.26 Å². The number of amides is 1. The van der Waals surface area contributed by atoms with Crippen molar-refractivity contribution in [2.75, 3.05) is 0 Å². The largest absolute Gasteiger partial charge is 0.353 e. The van der Waals surface area contributed by atoms with Crippen molar-refractivity contribution in [3.8, 4) is 6.07 Å². The third kappa shape index (κ3) is 4.31. The minimum atomic E-state index is -3.77. The summed E-state index contributed by atoms with van der Waals surface area (Å²) >= 11 is 0.864. The molecule has 0 aromatic carbocycles. The monoisotopic (exact) mass is 301 g/mol. The van der Waals surface area contributed by atoms with Gasteiger partial charge in [-0.3, -0.25) is 4.79 Å². The first-order chi connectivity index (χ1) is 8.76. The van der Waals surface area contributed by atoms with Gasteiger partial charge in [0.15, 0.2) is 0 Å². The topological polar surface area (TPSA) is 99.1 Å². The summed E-state index contributed by atoms with van der Waals surface area (Å²) in [6, 6.07) is 3.70. The quantitative estimate of drug-likeness (QED) is 0.840. The van der Waals surface area contributed by atoms with Gasteiger partial charge in [-0.15, -0.1) is 11.3 Å². The van der Waals surface area contributed by atoms with E-state index in [1.165, 1.54) is 19.1 Å². The highest BCUT2D eigenvalue weighted by molar-refractivity contribution is 7.91. The Morgan fingerprint density at radius 2 is 2.00 bits per heavy atom. The van der Waals surface area contributed by atoms with Gasteiger partial charge in [0.2, 0.25) is 5.91 Å². The highest BCUT2D eigenvalue weighted by Gasteiger charge is 2.23. The van der Waals surface area contributed by atoms with Crippen LogP contribution in [0.5, 0.6) is 0 Å². The summed E-state index contributed by atoms with van der Waals surface area (Å²) in [6.45, 7) is 5.04. The summed E-state index contributed by atoms with van der Waals surface area (Å²) in [7, 11) is -3.77. The van der Waals surface area contributed by atoms with E-state index in [1.807, 2.05) is 6.07 Å². The van der Waals surface area contributed by atoms with Crippen molar-refractivity contribution in [2.45, 2.75) is 37.1 Å². The number of nitriles is 1. The molecule has 0 aliphatic rings. The molecule has 19 heavy (non-hydrogen) atoms. The second-order valence-electron chi connectivity index (χ2n) is 4.24. The maximum atomic E-state index is 12.0. The minimum absolute atomic E-state index is 0.0215. The Hall–Kier alpha value is -1.43. The van der Waals surface area contributed by atoms with Crippen molar-refractivity contribution in [3.05, 3.63) is 17.0 Å². The van der Waals surface area contributed by atoms with Gasteiger partial charge in [-0.25, -0.2) is 8.42 Å². The number of sulfonamides is 1. The van der Waals surface area contributed by atoms with E-state index in [0.717, 1.165) is 11.3 Å². The van der Waals surface area contributed by atoms with E-state index in [0.29, 0.717) is 4.88 Å². The predicted octanol–water partition coefficient (Wildman–Crippen LogP) is 0.811. The average Bonchev–Trinajstić information content (AvgIpc) is 2.76. The van der Waals surface area contributed by atoms with Crippen LogP contribution in [0.2, 0.25) is 0 Å². The lowest BCUT2D eigenvalue weighted by atomic mass is 10.3. The molecule has 1 aromatic heterocycles. The van der Waals surface area contributed by atoms with Crippen LogP contribution in [0.15, 0.2) is 16.3 Å². The molecule has 0 bridgehead atoms. The lowest BCUT2D eigenvalue weighted by Crippen LogP contribution is -2.46. The van der Waals surface area contributed by atoms with Crippen molar-refractivity contribution in [3.63, 3.8) is 0 Å². The molecular formula is C11H15N3O3S2. The van der Waals surface area contributed by atoms with E-state index < -0.39 is 22.0 Å². The van der Waals surface area contributed by atoms with E-state index in [2.05, 4.69) is 10.0 Å². The Morgan fingerprint density at radius 3 is 2.47 bits per heavy atom. The zero-order valence-electron chi connectivity index (χ0n) is 10.8. The standard InChI is InChI=1S/C11H15N3O3S2/c1-7(2)13-11(15)8(3)14-19(16,17)10-5-4-9(6-12)18-10/h4-5,7-8,14H,1-3H3,(H,13,15). The molecule has 6 nitrogen and oxygen atoms in total. The number of thiophene rings is 1. The van der Waals surface area contributed by atoms with Crippen LogP contribution in [-0.2, 0) is 14.8 Å². The van der Waals surface area contributed by atoms with Crippen molar-refractivity contribution in [1.82, 2.24) is 10.0 Å². The van der Waals surface area contributed by atoms with Crippen LogP contribution in [0.1, 0.15) is 25.6 Å². The molecule has 104 valence electrons. The molecule has 0 aliphatic carbocycles. The van der Waals surface area contributed by atoms with Gasteiger partial charge in [-0.05, 0) is 32.9 Å². The zero-order valence-corrected chi connectivity index (χ0v) is 12.4. The predicted molar refractivity (Wildman–Crippen MR) is 72.1 cm³/mol. The lowest BCUT2D eigenvalue weighted by Gasteiger charge is -2.15. The fourth-order valence-corrected chi connectivity index (χ4v) is 3.60. The second kappa shape index (κ2) is 6.14. The van der Waals surface area contributed by atoms with E-state index in [4.69, 9.17) is 5.26 Å². The van der Waals surface area contributed by atoms with Crippen LogP contribution in [-0.4, -0.2) is 26.4 Å². The molecule has 1 heterocycles. The first-order valence-corrected chi connectivity index (χ1v) is 7.89. The van der Waals surface area contributed by atoms with E-state index in [1.54, 1.807) is 13.8 Å². The molecule has 0 fully saturated rings. The molecule has 0 saturated carbocycles. The van der Waals surface area contributed by atoms with Crippen LogP contribution >= 0.6 is 11.3 Å². The molecule has 0 radical (unpaired) electrons. The zero-order chi connectivity index (χ0) is 14.6. The smallest absolute Gasteiger partial charge is 0.250 e. The van der Waals surface area contributed by atoms with Crippen LogP contribution < -0.4 is 10.0 Å². The Morgan fingerprint density at radius 1 is 1.37 bits per heavy atom. The third-order valence-corrected chi connectivity index (χ3v) is 5.13. The average molecular weight is 301 g/mol. The highest BCUT2D eigenvalue weighted by Crippen LogP contribution is 2.20. The third-order valence-electron chi connectivity index (χ3n) is 2.11. The van der Waals surface area contributed by atoms with Gasteiger partial charge in [0, 0.05) is 6.04 Å². The van der Waals surface area contributed by atoms with Gasteiger partial charge < -0.3 is 5.32 Å². The normalized spacial score (nSPS) is 13.0. The molecule has 8 heteroatoms. The first-order valence-electron chi connectivity index (χ1n) is 5.59. The van der Waals surface area contributed by atoms with Crippen molar-refractivity contribution in [2.24, 2.45) is 0 Å². The molecule has 1 rings (SSSR count). The lowest BCUT2D eigenvalue weighted by molar-refractivity contribution is -0.122. The molecule has 0 aliphatic heterocycles. The second-order valence-corrected chi connectivity index (χ2v) is 7.26. The number of nitrogens with zero attached hydrogens (tertiary/aromatic N) is 1. The summed E-state index contributed by atoms with van der Waals surface area (Å²) in [5.74, 6) is -0.393. The Kier molecular flexibility index (Phi) is 5.05. The van der Waals surface area contributed by atoms with Gasteiger partial charge >= 0.3 is 0 Å². The van der Waals surface area contributed by atoms with Crippen LogP contribution in [0.3, 0.4) is 0 Å². The molecular weight excluding hydrogens is 286 g/mol. The number of carbonyl (C=O) groups is 1. The van der Waals surface area contributed by atoms with Gasteiger partial charge in [0.25, 0.3) is 10.0 Å². The fraction of sp³-hybridized carbons (Fsp3) is 0.455. The summed E-state index contributed by atoms with van der Waals surface area (Å²) in [4.78, 5) is 11.9. The molecule has 1 unspecified atom stereocenters. The fourth-order valence-electron chi connectivity index (χ4n) is 1.28. The van der Waals surface area contributed by atoms with Gasteiger partial charge in [-0.2, -0.15) is 9.98 Å². The SMILES string of the molecule is CC(C)NC(=O)C(C)NS(=O)(=O)c1ccc(C#N)s1. The van der Waals surface area contributed by atoms with Crippen LogP contribution in [0.25, 0.3) is 0 Å². The van der Waals surface area contributed by atoms with Crippen molar-refractivity contribution >= 4 is 27.3 Å². The Balaban J connectivity index is 2.80. The number of rotatable bonds is 5. The molecule has 0 saturated heterocycles. The number of hydrogen-bond donors (Lipinski definition) is 2. The number of hydrogen-bond acceptors (Lipinski definition) is 5. The van der Waals surface area contributed by atoms with E-state index >= 15 is 0 Å². The van der Waals surface area contributed by atoms with E-state index in [-0.39, 0.29) is 10.3 Å². The van der Waals surface area contributed by atoms with Crippen LogP contribution in [0.4, 0.5) is 0 Å². The molecule has 0 spiro atoms. The Labute approximate surface area is 116 Å². The maximum Gasteiger partial charge on any atom is 0.250 e. The summed E-state index contributed by atoms with van der Waals surface area (Å²) in [5, 5.41) is 11.3. The molecule has 2 N–H and O–H groups in total. The first kappa shape index (κ1) is 15.6. The Bertz CT molecular complexity index is 599. The van der Waals surface area contributed by atoms with Gasteiger partial charge in [0.05, 0.1) is 6.04 Å². The van der Waals surface area contributed by atoms with Crippen LogP contribution in [0, 0.1) is 11.3 Å². The molecule has 1 amide bonds. The molecule has 1 atom stereocenters. The maximum absolute atomic E-state index is 12.0.